The molecule has 2 aromatic rings. The fourth-order valence-electron chi connectivity index (χ4n) is 7.72. The third-order valence-corrected chi connectivity index (χ3v) is 11.5. The summed E-state index contributed by atoms with van der Waals surface area (Å²) in [5.74, 6) is -0.490. The number of unbranched alkanes of at least 4 members (excludes halogenated alkanes) is 2. The molecule has 10 heteroatoms. The average molecular weight is 856 g/mol. The lowest BCUT2D eigenvalue weighted by molar-refractivity contribution is -0.159. The zero-order valence-electron chi connectivity index (χ0n) is 38.6. The smallest absolute Gasteiger partial charge is 0.333 e. The van der Waals surface area contributed by atoms with Crippen molar-refractivity contribution in [2.24, 2.45) is 17.1 Å². The first-order chi connectivity index (χ1) is 29.5. The highest BCUT2D eigenvalue weighted by Gasteiger charge is 2.38. The van der Waals surface area contributed by atoms with Crippen LogP contribution < -0.4 is 10.5 Å². The normalized spacial score (nSPS) is 15.0. The van der Waals surface area contributed by atoms with E-state index in [0.29, 0.717) is 49.5 Å². The van der Waals surface area contributed by atoms with Crippen molar-refractivity contribution < 1.29 is 42.9 Å². The highest BCUT2D eigenvalue weighted by atomic mass is 16.6. The number of benzene rings is 2. The standard InChI is InChI=1S/C52H73NO9/c1-11-13-14-17-39-20-22-41(23-21-39)42-24-25-46(40(12-2)28-42)45-29-43(18-15-26-53)47(44(30-45)19-16-27-58-48(54)35(3)4)59-31-52(32-60-49(55)36(5)6,33-61-50(56)37(7)8)34-62-51(57)38(9)10/h24-25,28-30,39,41H,3,5,7,9,11-23,26-27,31-34,53H2,1-2,4,6,8,10H3. The van der Waals surface area contributed by atoms with Crippen LogP contribution in [0, 0.1) is 11.3 Å². The van der Waals surface area contributed by atoms with E-state index in [4.69, 9.17) is 29.4 Å². The van der Waals surface area contributed by atoms with Crippen molar-refractivity contribution in [2.45, 2.75) is 131 Å². The minimum atomic E-state index is -1.36. The van der Waals surface area contributed by atoms with Crippen molar-refractivity contribution in [3.05, 3.63) is 101 Å². The molecule has 1 aliphatic carbocycles. The van der Waals surface area contributed by atoms with Crippen LogP contribution in [0.25, 0.3) is 11.1 Å². The lowest BCUT2D eigenvalue weighted by Crippen LogP contribution is -2.44. The van der Waals surface area contributed by atoms with Crippen molar-refractivity contribution in [3.63, 3.8) is 0 Å². The summed E-state index contributed by atoms with van der Waals surface area (Å²) in [6, 6.07) is 11.2. The van der Waals surface area contributed by atoms with Gasteiger partial charge in [0, 0.05) is 22.3 Å². The Balaban J connectivity index is 2.12. The second kappa shape index (κ2) is 25.8. The van der Waals surface area contributed by atoms with Gasteiger partial charge in [-0.05, 0) is 149 Å². The fourth-order valence-corrected chi connectivity index (χ4v) is 7.72. The van der Waals surface area contributed by atoms with Gasteiger partial charge in [0.25, 0.3) is 0 Å². The Morgan fingerprint density at radius 1 is 0.645 bits per heavy atom. The van der Waals surface area contributed by atoms with Gasteiger partial charge >= 0.3 is 23.9 Å². The Morgan fingerprint density at radius 3 is 1.65 bits per heavy atom. The lowest BCUT2D eigenvalue weighted by Gasteiger charge is -2.33. The number of carbonyl (C=O) groups is 4. The quantitative estimate of drug-likeness (QED) is 0.0400. The summed E-state index contributed by atoms with van der Waals surface area (Å²) in [6.07, 6.45) is 13.4. The van der Waals surface area contributed by atoms with E-state index in [2.05, 4.69) is 70.5 Å². The maximum Gasteiger partial charge on any atom is 0.333 e. The van der Waals surface area contributed by atoms with Crippen LogP contribution in [0.5, 0.6) is 5.75 Å². The van der Waals surface area contributed by atoms with Gasteiger partial charge in [0.1, 0.15) is 37.6 Å². The zero-order chi connectivity index (χ0) is 45.8. The summed E-state index contributed by atoms with van der Waals surface area (Å²) in [5, 5.41) is 0. The summed E-state index contributed by atoms with van der Waals surface area (Å²) in [5.41, 5.74) is 12.2. The largest absolute Gasteiger partial charge is 0.492 e. The van der Waals surface area contributed by atoms with Crippen LogP contribution >= 0.6 is 0 Å². The molecule has 0 unspecified atom stereocenters. The molecule has 0 saturated heterocycles. The minimum absolute atomic E-state index is 0.164. The highest BCUT2D eigenvalue weighted by molar-refractivity contribution is 5.88. The molecule has 340 valence electrons. The molecule has 3 rings (SSSR count). The minimum Gasteiger partial charge on any atom is -0.492 e. The highest BCUT2D eigenvalue weighted by Crippen LogP contribution is 2.41. The van der Waals surface area contributed by atoms with Crippen LogP contribution in [-0.2, 0) is 57.4 Å². The molecule has 0 atom stereocenters. The van der Waals surface area contributed by atoms with Crippen LogP contribution in [0.2, 0.25) is 0 Å². The van der Waals surface area contributed by atoms with Crippen LogP contribution in [0.4, 0.5) is 0 Å². The molecule has 1 fully saturated rings. The molecule has 2 aromatic carbocycles. The van der Waals surface area contributed by atoms with E-state index in [9.17, 15) is 19.2 Å². The molecule has 0 spiro atoms. The predicted molar refractivity (Wildman–Crippen MR) is 247 cm³/mol. The zero-order valence-corrected chi connectivity index (χ0v) is 38.6. The number of hydrogen-bond acceptors (Lipinski definition) is 10. The number of esters is 4. The first-order valence-corrected chi connectivity index (χ1v) is 22.5. The van der Waals surface area contributed by atoms with Crippen molar-refractivity contribution in [1.29, 1.82) is 0 Å². The monoisotopic (exact) mass is 856 g/mol. The molecular weight excluding hydrogens is 783 g/mol. The maximum atomic E-state index is 12.8. The predicted octanol–water partition coefficient (Wildman–Crippen LogP) is 10.4. The van der Waals surface area contributed by atoms with Gasteiger partial charge in [-0.3, -0.25) is 0 Å². The van der Waals surface area contributed by atoms with Gasteiger partial charge in [0.05, 0.1) is 6.61 Å². The van der Waals surface area contributed by atoms with E-state index in [1.54, 1.807) is 6.92 Å². The number of ether oxygens (including phenoxy) is 5. The molecule has 1 saturated carbocycles. The van der Waals surface area contributed by atoms with E-state index >= 15 is 0 Å². The third kappa shape index (κ3) is 16.1. The Hall–Kier alpha value is -4.96. The second-order valence-electron chi connectivity index (χ2n) is 17.4. The Labute approximate surface area is 371 Å². The van der Waals surface area contributed by atoms with E-state index in [1.807, 2.05) is 0 Å². The average Bonchev–Trinajstić information content (AvgIpc) is 3.26. The molecular formula is C52H73NO9. The van der Waals surface area contributed by atoms with Gasteiger partial charge in [0.15, 0.2) is 0 Å². The van der Waals surface area contributed by atoms with Crippen molar-refractivity contribution >= 4 is 23.9 Å². The number of rotatable bonds is 27. The third-order valence-electron chi connectivity index (χ3n) is 11.5. The van der Waals surface area contributed by atoms with Gasteiger partial charge in [-0.2, -0.15) is 0 Å². The molecule has 1 aliphatic rings. The summed E-state index contributed by atoms with van der Waals surface area (Å²) in [7, 11) is 0. The van der Waals surface area contributed by atoms with Crippen LogP contribution in [0.1, 0.15) is 134 Å². The Morgan fingerprint density at radius 2 is 1.16 bits per heavy atom. The van der Waals surface area contributed by atoms with Gasteiger partial charge in [-0.15, -0.1) is 0 Å². The maximum absolute atomic E-state index is 12.8. The summed E-state index contributed by atoms with van der Waals surface area (Å²) in [4.78, 5) is 50.6. The lowest BCUT2D eigenvalue weighted by atomic mass is 9.76. The van der Waals surface area contributed by atoms with Crippen molar-refractivity contribution in [1.82, 2.24) is 0 Å². The second-order valence-corrected chi connectivity index (χ2v) is 17.4. The van der Waals surface area contributed by atoms with Crippen LogP contribution in [-0.4, -0.2) is 63.5 Å². The van der Waals surface area contributed by atoms with Crippen LogP contribution in [0.3, 0.4) is 0 Å². The molecule has 0 aliphatic heterocycles. The fraction of sp³-hybridized carbons (Fsp3) is 0.538. The number of nitrogens with two attached hydrogens (primary N) is 1. The van der Waals surface area contributed by atoms with Gasteiger partial charge < -0.3 is 29.4 Å². The van der Waals surface area contributed by atoms with Gasteiger partial charge in [-0.25, -0.2) is 19.2 Å². The summed E-state index contributed by atoms with van der Waals surface area (Å²) in [6.45, 7) is 24.8. The molecule has 0 aromatic heterocycles. The topological polar surface area (TPSA) is 140 Å². The molecule has 0 radical (unpaired) electrons. The van der Waals surface area contributed by atoms with Crippen molar-refractivity contribution in [3.8, 4) is 16.9 Å². The molecule has 0 bridgehead atoms. The van der Waals surface area contributed by atoms with Crippen molar-refractivity contribution in [2.75, 3.05) is 39.6 Å². The first kappa shape index (κ1) is 51.4. The van der Waals surface area contributed by atoms with E-state index < -0.39 is 29.3 Å². The number of carbonyl (C=O) groups excluding carboxylic acids is 4. The Bertz CT molecular complexity index is 1830. The van der Waals surface area contributed by atoms with E-state index in [-0.39, 0.29) is 49.8 Å². The number of aryl methyl sites for hydroxylation is 3. The first-order valence-electron chi connectivity index (χ1n) is 22.5. The van der Waals surface area contributed by atoms with E-state index in [1.165, 1.54) is 83.3 Å². The molecule has 10 nitrogen and oxygen atoms in total. The molecule has 0 amide bonds. The molecule has 2 N–H and O–H groups in total. The summed E-state index contributed by atoms with van der Waals surface area (Å²) >= 11 is 0. The number of hydrogen-bond donors (Lipinski definition) is 1. The van der Waals surface area contributed by atoms with Gasteiger partial charge in [-0.1, -0.05) is 84.0 Å². The van der Waals surface area contributed by atoms with Gasteiger partial charge in [0.2, 0.25) is 0 Å². The Kier molecular flexibility index (Phi) is 21.4. The van der Waals surface area contributed by atoms with E-state index in [0.717, 1.165) is 34.6 Å². The molecule has 62 heavy (non-hydrogen) atoms. The molecule has 0 heterocycles. The SMILES string of the molecule is C=C(C)C(=O)OCCCc1cc(-c2ccc(C3CCC(CCCCC)CC3)cc2CC)cc(CCCN)c1OCC(COC(=O)C(=C)C)(COC(=O)C(=C)C)COC(=O)C(=C)C. The summed E-state index contributed by atoms with van der Waals surface area (Å²) < 4.78 is 29.2. The van der Waals surface area contributed by atoms with Crippen LogP contribution in [0.15, 0.2) is 78.9 Å².